The van der Waals surface area contributed by atoms with E-state index in [9.17, 15) is 4.79 Å². The molecule has 11 heavy (non-hydrogen) atoms. The Morgan fingerprint density at radius 3 is 2.91 bits per heavy atom. The molecule has 0 aromatic rings. The van der Waals surface area contributed by atoms with E-state index in [0.29, 0.717) is 0 Å². The van der Waals surface area contributed by atoms with Crippen LogP contribution >= 0.6 is 0 Å². The molecule has 0 aromatic carbocycles. The second-order valence-electron chi connectivity index (χ2n) is 2.80. The van der Waals surface area contributed by atoms with Gasteiger partial charge in [0.1, 0.15) is 0 Å². The molecule has 1 fully saturated rings. The number of carbonyl (C=O) groups excluding carboxylic acids is 1. The standard InChI is InChI=1S/C8H14N2O/c1-2-8(11)10-6-4-3-5-7(10)9/h2,7H,1,3-6,9H2. The minimum atomic E-state index is -0.0887. The second-order valence-corrected chi connectivity index (χ2v) is 2.80. The van der Waals surface area contributed by atoms with Crippen LogP contribution in [-0.2, 0) is 4.79 Å². The van der Waals surface area contributed by atoms with Gasteiger partial charge in [-0.2, -0.15) is 0 Å². The summed E-state index contributed by atoms with van der Waals surface area (Å²) in [6, 6.07) is 0. The molecule has 1 amide bonds. The maximum absolute atomic E-state index is 11.1. The lowest BCUT2D eigenvalue weighted by atomic mass is 10.1. The fourth-order valence-corrected chi connectivity index (χ4v) is 1.35. The number of hydrogen-bond donors (Lipinski definition) is 1. The molecule has 0 aromatic heterocycles. The molecule has 1 saturated heterocycles. The van der Waals surface area contributed by atoms with Gasteiger partial charge in [0.05, 0.1) is 6.17 Å². The Balaban J connectivity index is 2.53. The van der Waals surface area contributed by atoms with Crippen molar-refractivity contribution in [3.05, 3.63) is 12.7 Å². The molecule has 1 heterocycles. The smallest absolute Gasteiger partial charge is 0.247 e. The lowest BCUT2D eigenvalue weighted by Gasteiger charge is -2.32. The van der Waals surface area contributed by atoms with E-state index in [2.05, 4.69) is 6.58 Å². The minimum Gasteiger partial charge on any atom is -0.324 e. The molecule has 0 radical (unpaired) electrons. The number of carbonyl (C=O) groups is 1. The Kier molecular flexibility index (Phi) is 2.65. The molecule has 0 spiro atoms. The quantitative estimate of drug-likeness (QED) is 0.558. The summed E-state index contributed by atoms with van der Waals surface area (Å²) in [4.78, 5) is 12.8. The van der Waals surface area contributed by atoms with Gasteiger partial charge in [0.25, 0.3) is 0 Å². The number of nitrogens with two attached hydrogens (primary N) is 1. The number of rotatable bonds is 1. The number of nitrogens with zero attached hydrogens (tertiary/aromatic N) is 1. The molecular formula is C8H14N2O. The fourth-order valence-electron chi connectivity index (χ4n) is 1.35. The van der Waals surface area contributed by atoms with E-state index in [1.54, 1.807) is 4.90 Å². The van der Waals surface area contributed by atoms with Crippen molar-refractivity contribution < 1.29 is 4.79 Å². The van der Waals surface area contributed by atoms with Crippen molar-refractivity contribution >= 4 is 5.91 Å². The van der Waals surface area contributed by atoms with Crippen molar-refractivity contribution in [2.45, 2.75) is 25.4 Å². The van der Waals surface area contributed by atoms with E-state index in [0.717, 1.165) is 25.8 Å². The summed E-state index contributed by atoms with van der Waals surface area (Å²) in [6.07, 6.45) is 4.34. The van der Waals surface area contributed by atoms with E-state index in [1.807, 2.05) is 0 Å². The number of likely N-dealkylation sites (tertiary alicyclic amines) is 1. The van der Waals surface area contributed by atoms with Crippen molar-refractivity contribution in [1.82, 2.24) is 4.90 Å². The number of piperidine rings is 1. The fraction of sp³-hybridized carbons (Fsp3) is 0.625. The third kappa shape index (κ3) is 1.80. The van der Waals surface area contributed by atoms with Crippen LogP contribution < -0.4 is 5.73 Å². The van der Waals surface area contributed by atoms with Gasteiger partial charge in [-0.25, -0.2) is 0 Å². The largest absolute Gasteiger partial charge is 0.324 e. The van der Waals surface area contributed by atoms with E-state index >= 15 is 0 Å². The van der Waals surface area contributed by atoms with Gasteiger partial charge in [-0.15, -0.1) is 0 Å². The average Bonchev–Trinajstić information content (AvgIpc) is 2.04. The highest BCUT2D eigenvalue weighted by molar-refractivity contribution is 5.87. The highest BCUT2D eigenvalue weighted by atomic mass is 16.2. The molecule has 3 nitrogen and oxygen atoms in total. The average molecular weight is 154 g/mol. The molecule has 1 aliphatic heterocycles. The van der Waals surface area contributed by atoms with Crippen LogP contribution in [0.2, 0.25) is 0 Å². The van der Waals surface area contributed by atoms with Gasteiger partial charge in [-0.3, -0.25) is 4.79 Å². The lowest BCUT2D eigenvalue weighted by molar-refractivity contribution is -0.129. The highest BCUT2D eigenvalue weighted by Crippen LogP contribution is 2.12. The summed E-state index contributed by atoms with van der Waals surface area (Å²) in [5.41, 5.74) is 5.71. The van der Waals surface area contributed by atoms with E-state index in [1.165, 1.54) is 6.08 Å². The van der Waals surface area contributed by atoms with Crippen LogP contribution in [-0.4, -0.2) is 23.5 Å². The molecule has 3 heteroatoms. The maximum atomic E-state index is 11.1. The van der Waals surface area contributed by atoms with Crippen LogP contribution in [0, 0.1) is 0 Å². The van der Waals surface area contributed by atoms with Crippen molar-refractivity contribution in [2.75, 3.05) is 6.54 Å². The van der Waals surface area contributed by atoms with Crippen LogP contribution in [0.5, 0.6) is 0 Å². The molecule has 0 aliphatic carbocycles. The first-order valence-corrected chi connectivity index (χ1v) is 3.94. The first kappa shape index (κ1) is 8.27. The zero-order chi connectivity index (χ0) is 8.27. The molecule has 1 rings (SSSR count). The van der Waals surface area contributed by atoms with Crippen LogP contribution in [0.4, 0.5) is 0 Å². The van der Waals surface area contributed by atoms with Gasteiger partial charge in [0.2, 0.25) is 5.91 Å². The maximum Gasteiger partial charge on any atom is 0.247 e. The highest BCUT2D eigenvalue weighted by Gasteiger charge is 2.20. The Hall–Kier alpha value is -0.830. The van der Waals surface area contributed by atoms with Gasteiger partial charge in [-0.1, -0.05) is 6.58 Å². The molecule has 0 bridgehead atoms. The predicted octanol–water partition coefficient (Wildman–Crippen LogP) is 0.470. The van der Waals surface area contributed by atoms with E-state index in [-0.39, 0.29) is 12.1 Å². The zero-order valence-electron chi connectivity index (χ0n) is 6.62. The van der Waals surface area contributed by atoms with E-state index < -0.39 is 0 Å². The van der Waals surface area contributed by atoms with Crippen LogP contribution in [0.1, 0.15) is 19.3 Å². The zero-order valence-corrected chi connectivity index (χ0v) is 6.62. The topological polar surface area (TPSA) is 46.3 Å². The number of hydrogen-bond acceptors (Lipinski definition) is 2. The Morgan fingerprint density at radius 2 is 2.36 bits per heavy atom. The van der Waals surface area contributed by atoms with E-state index in [4.69, 9.17) is 5.73 Å². The summed E-state index contributed by atoms with van der Waals surface area (Å²) in [7, 11) is 0. The normalized spacial score (nSPS) is 24.8. The Morgan fingerprint density at radius 1 is 1.64 bits per heavy atom. The Bertz CT molecular complexity index is 167. The molecule has 2 N–H and O–H groups in total. The van der Waals surface area contributed by atoms with Crippen molar-refractivity contribution in [1.29, 1.82) is 0 Å². The van der Waals surface area contributed by atoms with Crippen LogP contribution in [0.25, 0.3) is 0 Å². The third-order valence-corrected chi connectivity index (χ3v) is 2.01. The molecule has 62 valence electrons. The SMILES string of the molecule is C=CC(=O)N1CCCCC1N. The molecule has 1 atom stereocenters. The molecule has 0 saturated carbocycles. The third-order valence-electron chi connectivity index (χ3n) is 2.01. The monoisotopic (exact) mass is 154 g/mol. The van der Waals surface area contributed by atoms with Gasteiger partial charge < -0.3 is 10.6 Å². The summed E-state index contributed by atoms with van der Waals surface area (Å²) in [5.74, 6) is -0.0443. The summed E-state index contributed by atoms with van der Waals surface area (Å²) >= 11 is 0. The second kappa shape index (κ2) is 3.53. The summed E-state index contributed by atoms with van der Waals surface area (Å²) in [6.45, 7) is 4.21. The van der Waals surface area contributed by atoms with Gasteiger partial charge in [0.15, 0.2) is 0 Å². The first-order chi connectivity index (χ1) is 5.25. The van der Waals surface area contributed by atoms with Gasteiger partial charge in [-0.05, 0) is 25.3 Å². The minimum absolute atomic E-state index is 0.0443. The van der Waals surface area contributed by atoms with Crippen molar-refractivity contribution in [3.8, 4) is 0 Å². The van der Waals surface area contributed by atoms with Crippen molar-refractivity contribution in [3.63, 3.8) is 0 Å². The molecule has 1 aliphatic rings. The van der Waals surface area contributed by atoms with Crippen LogP contribution in [0.15, 0.2) is 12.7 Å². The van der Waals surface area contributed by atoms with Crippen LogP contribution in [0.3, 0.4) is 0 Å². The summed E-state index contributed by atoms with van der Waals surface area (Å²) in [5, 5.41) is 0. The van der Waals surface area contributed by atoms with Crippen molar-refractivity contribution in [2.24, 2.45) is 5.73 Å². The van der Waals surface area contributed by atoms with Gasteiger partial charge in [0, 0.05) is 6.54 Å². The Labute approximate surface area is 66.9 Å². The first-order valence-electron chi connectivity index (χ1n) is 3.94. The molecular weight excluding hydrogens is 140 g/mol. The lowest BCUT2D eigenvalue weighted by Crippen LogP contribution is -2.48. The molecule has 1 unspecified atom stereocenters. The number of amides is 1. The summed E-state index contributed by atoms with van der Waals surface area (Å²) < 4.78 is 0. The predicted molar refractivity (Wildman–Crippen MR) is 43.7 cm³/mol. The van der Waals surface area contributed by atoms with Gasteiger partial charge >= 0.3 is 0 Å².